The van der Waals surface area contributed by atoms with Crippen molar-refractivity contribution in [3.63, 3.8) is 0 Å². The van der Waals surface area contributed by atoms with Gasteiger partial charge in [-0.25, -0.2) is 13.9 Å². The third kappa shape index (κ3) is 12.2. The molecule has 13 nitrogen and oxygen atoms in total. The number of benzene rings is 2. The Morgan fingerprint density at radius 2 is 1.85 bits per heavy atom. The summed E-state index contributed by atoms with van der Waals surface area (Å²) >= 11 is 1.30. The molecule has 2 aromatic heterocycles. The molecule has 52 heavy (non-hydrogen) atoms. The molecule has 0 bridgehead atoms. The lowest BCUT2D eigenvalue weighted by Crippen LogP contribution is -2.40. The molecule has 3 heterocycles. The molecular weight excluding hydrogens is 710 g/mol. The lowest BCUT2D eigenvalue weighted by Gasteiger charge is -2.37. The highest BCUT2D eigenvalue weighted by Crippen LogP contribution is 2.56. The Morgan fingerprint density at radius 1 is 1.08 bits per heavy atom. The first kappa shape index (κ1) is 39.5. The van der Waals surface area contributed by atoms with E-state index in [0.29, 0.717) is 57.7 Å². The highest BCUT2D eigenvalue weighted by atomic mass is 32.1. The molecule has 1 fully saturated rings. The zero-order chi connectivity index (χ0) is 37.5. The molecule has 1 aliphatic rings. The van der Waals surface area contributed by atoms with Gasteiger partial charge in [-0.2, -0.15) is 9.97 Å². The normalized spacial score (nSPS) is 15.8. The predicted molar refractivity (Wildman–Crippen MR) is 200 cm³/mol. The Hall–Kier alpha value is -3.72. The number of halogens is 1. The summed E-state index contributed by atoms with van der Waals surface area (Å²) in [6.07, 6.45) is 3.73. The van der Waals surface area contributed by atoms with Gasteiger partial charge in [-0.3, -0.25) is 18.4 Å². The number of nitrogens with one attached hydrogen (secondary N) is 2. The maximum atomic E-state index is 13.7. The summed E-state index contributed by atoms with van der Waals surface area (Å²) in [5.74, 6) is 0.394. The zero-order valence-electron chi connectivity index (χ0n) is 30.7. The van der Waals surface area contributed by atoms with Crippen molar-refractivity contribution in [1.29, 1.82) is 0 Å². The number of hydrogen-bond acceptors (Lipinski definition) is 13. The van der Waals surface area contributed by atoms with Crippen LogP contribution in [-0.4, -0.2) is 76.4 Å². The Labute approximate surface area is 308 Å². The Kier molecular flexibility index (Phi) is 12.9. The first-order valence-electron chi connectivity index (χ1n) is 17.2. The number of fused-ring (bicyclic) bond motifs is 1. The van der Waals surface area contributed by atoms with Crippen LogP contribution in [-0.2, 0) is 29.4 Å². The minimum Gasteiger partial charge on any atom is -0.497 e. The van der Waals surface area contributed by atoms with Gasteiger partial charge >= 0.3 is 13.8 Å². The number of anilines is 3. The number of aromatic nitrogens is 3. The van der Waals surface area contributed by atoms with Gasteiger partial charge in [0.2, 0.25) is 5.91 Å². The van der Waals surface area contributed by atoms with E-state index in [0.717, 1.165) is 25.9 Å². The second kappa shape index (κ2) is 17.0. The molecule has 282 valence electrons. The second-order valence-electron chi connectivity index (χ2n) is 14.5. The molecule has 0 radical (unpaired) electrons. The van der Waals surface area contributed by atoms with Crippen LogP contribution in [0.1, 0.15) is 65.7 Å². The smallest absolute Gasteiger partial charge is 0.476 e. The van der Waals surface area contributed by atoms with Crippen LogP contribution in [0, 0.1) is 5.82 Å². The topological polar surface area (TPSA) is 146 Å². The number of piperidine rings is 1. The average molecular weight is 759 g/mol. The summed E-state index contributed by atoms with van der Waals surface area (Å²) in [7, 11) is -2.23. The number of thiazole rings is 1. The molecule has 1 aliphatic heterocycles. The maximum absolute atomic E-state index is 13.7. The molecule has 0 spiro atoms. The molecule has 1 saturated heterocycles. The van der Waals surface area contributed by atoms with E-state index in [1.807, 2.05) is 59.7 Å². The van der Waals surface area contributed by atoms with Crippen molar-refractivity contribution >= 4 is 52.6 Å². The highest BCUT2D eigenvalue weighted by Gasteiger charge is 2.40. The number of amides is 1. The molecule has 0 aliphatic carbocycles. The lowest BCUT2D eigenvalue weighted by molar-refractivity contribution is -0.115. The number of rotatable bonds is 15. The van der Waals surface area contributed by atoms with Crippen molar-refractivity contribution in [2.45, 2.75) is 84.5 Å². The second-order valence-corrected chi connectivity index (χ2v) is 17.0. The molecular formula is C36H48FN6O7PS. The van der Waals surface area contributed by atoms with Crippen molar-refractivity contribution in [3.8, 4) is 11.8 Å². The van der Waals surface area contributed by atoms with E-state index in [-0.39, 0.29) is 24.4 Å². The number of likely N-dealkylation sites (tertiary alicyclic amines) is 1. The van der Waals surface area contributed by atoms with E-state index in [1.54, 1.807) is 19.4 Å². The number of methoxy groups -OCH3 is 1. The number of phosphoric ester groups is 1. The van der Waals surface area contributed by atoms with Crippen LogP contribution >= 0.6 is 19.2 Å². The van der Waals surface area contributed by atoms with E-state index in [4.69, 9.17) is 23.0 Å². The molecule has 5 rings (SSSR count). The van der Waals surface area contributed by atoms with Crippen LogP contribution in [0.5, 0.6) is 11.8 Å². The van der Waals surface area contributed by atoms with E-state index < -0.39 is 24.8 Å². The number of ether oxygens (including phenoxy) is 2. The Bertz CT molecular complexity index is 1860. The predicted octanol–water partition coefficient (Wildman–Crippen LogP) is 8.15. The zero-order valence-corrected chi connectivity index (χ0v) is 32.4. The fourth-order valence-electron chi connectivity index (χ4n) is 5.52. The van der Waals surface area contributed by atoms with Crippen molar-refractivity contribution in [2.75, 3.05) is 44.0 Å². The van der Waals surface area contributed by atoms with Crippen LogP contribution < -0.4 is 20.1 Å². The highest BCUT2D eigenvalue weighted by molar-refractivity contribution is 7.48. The van der Waals surface area contributed by atoms with Crippen molar-refractivity contribution in [1.82, 2.24) is 19.9 Å². The van der Waals surface area contributed by atoms with Gasteiger partial charge in [-0.15, -0.1) is 11.3 Å². The van der Waals surface area contributed by atoms with Gasteiger partial charge in [-0.05, 0) is 104 Å². The van der Waals surface area contributed by atoms with E-state index >= 15 is 0 Å². The molecule has 4 aromatic rings. The van der Waals surface area contributed by atoms with Crippen LogP contribution in [0.25, 0.3) is 10.9 Å². The quantitative estimate of drug-likeness (QED) is 0.0891. The van der Waals surface area contributed by atoms with Gasteiger partial charge in [0.15, 0.2) is 5.13 Å². The van der Waals surface area contributed by atoms with Crippen molar-refractivity contribution < 1.29 is 36.8 Å². The molecule has 2 aromatic carbocycles. The van der Waals surface area contributed by atoms with Gasteiger partial charge in [0, 0.05) is 35.2 Å². The van der Waals surface area contributed by atoms with Crippen molar-refractivity contribution in [3.05, 3.63) is 59.4 Å². The van der Waals surface area contributed by atoms with Gasteiger partial charge in [0.25, 0.3) is 0 Å². The number of phosphoric acid groups is 1. The summed E-state index contributed by atoms with van der Waals surface area (Å²) in [6, 6.07) is 11.4. The average Bonchev–Trinajstić information content (AvgIpc) is 3.47. The van der Waals surface area contributed by atoms with E-state index in [9.17, 15) is 13.8 Å². The Morgan fingerprint density at radius 3 is 2.56 bits per heavy atom. The first-order chi connectivity index (χ1) is 24.5. The van der Waals surface area contributed by atoms with Crippen LogP contribution in [0.3, 0.4) is 0 Å². The summed E-state index contributed by atoms with van der Waals surface area (Å²) in [5, 5.41) is 7.19. The van der Waals surface area contributed by atoms with Gasteiger partial charge < -0.3 is 25.0 Å². The number of carbonyl (C=O) groups excluding carboxylic acids is 1. The fraction of sp³-hybridized carbons (Fsp3) is 0.500. The van der Waals surface area contributed by atoms with E-state index in [2.05, 4.69) is 30.5 Å². The summed E-state index contributed by atoms with van der Waals surface area (Å²) < 4.78 is 56.4. The third-order valence-corrected chi connectivity index (χ3v) is 10.5. The number of hydrogen-bond donors (Lipinski definition) is 2. The maximum Gasteiger partial charge on any atom is 0.476 e. The fourth-order valence-corrected chi connectivity index (χ4v) is 8.33. The molecule has 0 saturated carbocycles. The molecule has 2 N–H and O–H groups in total. The van der Waals surface area contributed by atoms with Gasteiger partial charge in [0.05, 0.1) is 43.0 Å². The van der Waals surface area contributed by atoms with Gasteiger partial charge in [0.1, 0.15) is 17.4 Å². The van der Waals surface area contributed by atoms with Crippen molar-refractivity contribution in [2.24, 2.45) is 0 Å². The summed E-state index contributed by atoms with van der Waals surface area (Å²) in [4.78, 5) is 29.3. The minimum atomic E-state index is -3.82. The first-order valence-corrected chi connectivity index (χ1v) is 19.5. The van der Waals surface area contributed by atoms with Crippen LogP contribution in [0.15, 0.2) is 48.7 Å². The van der Waals surface area contributed by atoms with E-state index in [1.165, 1.54) is 29.5 Å². The molecule has 1 unspecified atom stereocenters. The van der Waals surface area contributed by atoms with Gasteiger partial charge in [-0.1, -0.05) is 6.07 Å². The standard InChI is InChI=1S/C36H48FN6O7PS/c1-35(2,3)49-51(45,50-36(4,5)6)48-27-13-9-16-43(23-27)17-10-18-47-33-40-30-15-14-26(46-7)20-29(30)32(41-33)42-34-38-22-28(52-34)21-31(44)39-25-12-8-11-24(37)19-25/h8,11-12,14-15,19-20,22,27H,9-10,13,16-18,21,23H2,1-7H3,(H,39,44)(H,38,40,41,42). The summed E-state index contributed by atoms with van der Waals surface area (Å²) in [6.45, 7) is 13.5. The number of carbonyl (C=O) groups is 1. The lowest BCUT2D eigenvalue weighted by atomic mass is 10.1. The molecule has 16 heteroatoms. The number of nitrogens with zero attached hydrogens (tertiary/aromatic N) is 4. The van der Waals surface area contributed by atoms with Crippen LogP contribution in [0.2, 0.25) is 0 Å². The minimum absolute atomic E-state index is 0.0706. The SMILES string of the molecule is COc1ccc2nc(OCCCN3CCCC(OP(=O)(OC(C)(C)C)OC(C)(C)C)C3)nc(Nc3ncc(CC(=O)Nc4cccc(F)c4)s3)c2c1. The summed E-state index contributed by atoms with van der Waals surface area (Å²) in [5.41, 5.74) is -0.371. The molecule has 1 atom stereocenters. The monoisotopic (exact) mass is 758 g/mol. The third-order valence-electron chi connectivity index (χ3n) is 7.47. The molecule has 1 amide bonds. The van der Waals surface area contributed by atoms with Crippen LogP contribution in [0.4, 0.5) is 21.0 Å². The Balaban J connectivity index is 1.19. The largest absolute Gasteiger partial charge is 0.497 e.